The number of ether oxygens (including phenoxy) is 2. The lowest BCUT2D eigenvalue weighted by molar-refractivity contribution is -0.131. The third-order valence-corrected chi connectivity index (χ3v) is 3.05. The molecule has 0 saturated carbocycles. The van der Waals surface area contributed by atoms with Gasteiger partial charge in [-0.25, -0.2) is 0 Å². The zero-order chi connectivity index (χ0) is 13.1. The largest absolute Gasteiger partial charge is 0.427 e. The second-order valence-corrected chi connectivity index (χ2v) is 4.99. The normalized spacial score (nSPS) is 13.2. The van der Waals surface area contributed by atoms with E-state index in [4.69, 9.17) is 19.3 Å². The van der Waals surface area contributed by atoms with Crippen molar-refractivity contribution in [2.24, 2.45) is 0 Å². The smallest absolute Gasteiger partial charge is 0.358 e. The molecule has 94 valence electrons. The molecule has 17 heavy (non-hydrogen) atoms. The molecule has 0 aliphatic heterocycles. The molecule has 1 rings (SSSR count). The van der Waals surface area contributed by atoms with Crippen LogP contribution in [0.25, 0.3) is 0 Å². The van der Waals surface area contributed by atoms with Gasteiger partial charge in [-0.3, -0.25) is 9.36 Å². The van der Waals surface area contributed by atoms with Gasteiger partial charge in [0.1, 0.15) is 5.75 Å². The molecule has 6 nitrogen and oxygen atoms in total. The van der Waals surface area contributed by atoms with E-state index in [0.29, 0.717) is 0 Å². The molecule has 1 aromatic rings. The fraction of sp³-hybridized carbons (Fsp3) is 0.300. The molecule has 0 spiro atoms. The van der Waals surface area contributed by atoms with Crippen molar-refractivity contribution >= 4 is 13.6 Å². The fourth-order valence-corrected chi connectivity index (χ4v) is 2.19. The molecule has 0 radical (unpaired) electrons. The van der Waals surface area contributed by atoms with Gasteiger partial charge in [0.15, 0.2) is 5.85 Å². The van der Waals surface area contributed by atoms with Crippen molar-refractivity contribution in [3.63, 3.8) is 0 Å². The number of methoxy groups -OCH3 is 1. The van der Waals surface area contributed by atoms with Gasteiger partial charge in [0.25, 0.3) is 0 Å². The van der Waals surface area contributed by atoms with E-state index in [1.165, 1.54) is 38.3 Å². The number of carbonyl (C=O) groups is 1. The third-order valence-electron chi connectivity index (χ3n) is 1.93. The maximum atomic E-state index is 11.2. The molecule has 0 fully saturated rings. The fourth-order valence-electron chi connectivity index (χ4n) is 1.37. The van der Waals surface area contributed by atoms with Gasteiger partial charge in [-0.2, -0.15) is 0 Å². The highest BCUT2D eigenvalue weighted by atomic mass is 31.2. The van der Waals surface area contributed by atoms with Crippen molar-refractivity contribution < 1.29 is 28.6 Å². The number of rotatable bonds is 4. The first-order chi connectivity index (χ1) is 7.84. The summed E-state index contributed by atoms with van der Waals surface area (Å²) in [6.45, 7) is 1.24. The maximum Gasteiger partial charge on any atom is 0.358 e. The van der Waals surface area contributed by atoms with E-state index in [-0.39, 0.29) is 11.3 Å². The topological polar surface area (TPSA) is 93.1 Å². The Morgan fingerprint density at radius 3 is 2.53 bits per heavy atom. The van der Waals surface area contributed by atoms with Gasteiger partial charge in [-0.1, -0.05) is 12.1 Å². The second-order valence-electron chi connectivity index (χ2n) is 3.34. The van der Waals surface area contributed by atoms with Crippen LogP contribution in [0.1, 0.15) is 18.3 Å². The Hall–Kier alpha value is -1.20. The van der Waals surface area contributed by atoms with Crippen LogP contribution < -0.4 is 4.74 Å². The molecule has 1 unspecified atom stereocenters. The minimum absolute atomic E-state index is 0.213. The average Bonchev–Trinajstić information content (AvgIpc) is 2.15. The van der Waals surface area contributed by atoms with Crippen LogP contribution in [0.15, 0.2) is 24.3 Å². The Bertz CT molecular complexity index is 452. The number of carbonyl (C=O) groups excluding carboxylic acids is 1. The molecule has 0 bridgehead atoms. The van der Waals surface area contributed by atoms with E-state index in [0.717, 1.165) is 0 Å². The maximum absolute atomic E-state index is 11.2. The Balaban J connectivity index is 3.05. The van der Waals surface area contributed by atoms with E-state index >= 15 is 0 Å². The van der Waals surface area contributed by atoms with E-state index in [9.17, 15) is 9.36 Å². The van der Waals surface area contributed by atoms with E-state index in [2.05, 4.69) is 0 Å². The Morgan fingerprint density at radius 1 is 1.41 bits per heavy atom. The summed E-state index contributed by atoms with van der Waals surface area (Å²) < 4.78 is 20.7. The van der Waals surface area contributed by atoms with Gasteiger partial charge in [-0.05, 0) is 17.7 Å². The summed E-state index contributed by atoms with van der Waals surface area (Å²) in [6.07, 6.45) is 0. The van der Waals surface area contributed by atoms with Crippen LogP contribution in [-0.2, 0) is 14.1 Å². The molecule has 0 saturated heterocycles. The zero-order valence-electron chi connectivity index (χ0n) is 9.36. The SMILES string of the molecule is COC(c1cccc(OC(C)=O)c1)P(=O)(O)O. The standard InChI is InChI=1S/C10H13O6P/c1-7(11)16-9-5-3-4-8(6-9)10(15-2)17(12,13)14/h3-6,10H,1-2H3,(H2,12,13,14). The number of hydrogen-bond donors (Lipinski definition) is 2. The van der Waals surface area contributed by atoms with Gasteiger partial charge in [0, 0.05) is 14.0 Å². The lowest BCUT2D eigenvalue weighted by Gasteiger charge is -2.17. The number of benzene rings is 1. The summed E-state index contributed by atoms with van der Waals surface area (Å²) in [7, 11) is -3.22. The van der Waals surface area contributed by atoms with E-state index in [1.54, 1.807) is 0 Å². The van der Waals surface area contributed by atoms with Gasteiger partial charge < -0.3 is 19.3 Å². The lowest BCUT2D eigenvalue weighted by Crippen LogP contribution is -2.05. The van der Waals surface area contributed by atoms with Crippen LogP contribution in [0.2, 0.25) is 0 Å². The summed E-state index contributed by atoms with van der Waals surface area (Å²) in [5.41, 5.74) is 0.250. The molecular weight excluding hydrogens is 247 g/mol. The molecule has 0 heterocycles. The molecular formula is C10H13O6P. The predicted molar refractivity (Wildman–Crippen MR) is 59.5 cm³/mol. The van der Waals surface area contributed by atoms with Gasteiger partial charge >= 0.3 is 13.6 Å². The van der Waals surface area contributed by atoms with Crippen molar-refractivity contribution in [2.45, 2.75) is 12.8 Å². The summed E-state index contributed by atoms with van der Waals surface area (Å²) in [4.78, 5) is 28.9. The number of hydrogen-bond acceptors (Lipinski definition) is 4. The van der Waals surface area contributed by atoms with Crippen LogP contribution in [-0.4, -0.2) is 22.9 Å². The first-order valence-corrected chi connectivity index (χ1v) is 6.39. The van der Waals surface area contributed by atoms with Crippen molar-refractivity contribution in [1.82, 2.24) is 0 Å². The molecule has 1 atom stereocenters. The minimum atomic E-state index is -4.41. The predicted octanol–water partition coefficient (Wildman–Crippen LogP) is 1.43. The van der Waals surface area contributed by atoms with Crippen molar-refractivity contribution in [2.75, 3.05) is 7.11 Å². The summed E-state index contributed by atoms with van der Waals surface area (Å²) in [5.74, 6) is -1.66. The van der Waals surface area contributed by atoms with E-state index < -0.39 is 19.4 Å². The zero-order valence-corrected chi connectivity index (χ0v) is 10.3. The van der Waals surface area contributed by atoms with Gasteiger partial charge in [0.2, 0.25) is 0 Å². The molecule has 2 N–H and O–H groups in total. The molecule has 1 aromatic carbocycles. The van der Waals surface area contributed by atoms with Crippen LogP contribution >= 0.6 is 7.60 Å². The van der Waals surface area contributed by atoms with Crippen LogP contribution in [0.5, 0.6) is 5.75 Å². The third kappa shape index (κ3) is 3.94. The highest BCUT2D eigenvalue weighted by molar-refractivity contribution is 7.52. The highest BCUT2D eigenvalue weighted by Gasteiger charge is 2.30. The first kappa shape index (κ1) is 13.9. The molecule has 0 aliphatic rings. The molecule has 0 aromatic heterocycles. The van der Waals surface area contributed by atoms with E-state index in [1.807, 2.05) is 0 Å². The number of esters is 1. The Kier molecular flexibility index (Phi) is 4.42. The van der Waals surface area contributed by atoms with Gasteiger partial charge in [-0.15, -0.1) is 0 Å². The van der Waals surface area contributed by atoms with Crippen LogP contribution in [0.4, 0.5) is 0 Å². The first-order valence-electron chi connectivity index (χ1n) is 4.71. The highest BCUT2D eigenvalue weighted by Crippen LogP contribution is 2.52. The Labute approximate surface area is 98.3 Å². The van der Waals surface area contributed by atoms with Gasteiger partial charge in [0.05, 0.1) is 0 Å². The van der Waals surface area contributed by atoms with Crippen molar-refractivity contribution in [1.29, 1.82) is 0 Å². The second kappa shape index (κ2) is 5.42. The molecule has 0 amide bonds. The summed E-state index contributed by atoms with van der Waals surface area (Å²) >= 11 is 0. The molecule has 0 aliphatic carbocycles. The van der Waals surface area contributed by atoms with Crippen LogP contribution in [0.3, 0.4) is 0 Å². The average molecular weight is 260 g/mol. The Morgan fingerprint density at radius 2 is 2.06 bits per heavy atom. The summed E-state index contributed by atoms with van der Waals surface area (Å²) in [6, 6.07) is 5.88. The lowest BCUT2D eigenvalue weighted by atomic mass is 10.2. The van der Waals surface area contributed by atoms with Crippen LogP contribution in [0, 0.1) is 0 Å². The summed E-state index contributed by atoms with van der Waals surface area (Å²) in [5, 5.41) is 0. The van der Waals surface area contributed by atoms with Crippen molar-refractivity contribution in [3.8, 4) is 5.75 Å². The molecule has 7 heteroatoms. The van der Waals surface area contributed by atoms with Crippen molar-refractivity contribution in [3.05, 3.63) is 29.8 Å². The quantitative estimate of drug-likeness (QED) is 0.483. The monoisotopic (exact) mass is 260 g/mol. The minimum Gasteiger partial charge on any atom is -0.427 e.